The molecule has 1 aromatic heterocycles. The van der Waals surface area contributed by atoms with Crippen LogP contribution in [0.15, 0.2) is 10.2 Å². The summed E-state index contributed by atoms with van der Waals surface area (Å²) in [5.74, 6) is 0.484. The van der Waals surface area contributed by atoms with E-state index in [1.807, 2.05) is 17.2 Å². The number of likely N-dealkylation sites (tertiary alicyclic amines) is 1. The average Bonchev–Trinajstić information content (AvgIpc) is 3.29. The molecule has 27 heavy (non-hydrogen) atoms. The summed E-state index contributed by atoms with van der Waals surface area (Å²) in [5.41, 5.74) is 0.910. The minimum atomic E-state index is -0.0523. The maximum absolute atomic E-state index is 12.5. The highest BCUT2D eigenvalue weighted by Crippen LogP contribution is 2.17. The third kappa shape index (κ3) is 5.80. The number of amides is 2. The van der Waals surface area contributed by atoms with Gasteiger partial charge in [-0.1, -0.05) is 11.3 Å². The van der Waals surface area contributed by atoms with Gasteiger partial charge in [-0.05, 0) is 45.1 Å². The van der Waals surface area contributed by atoms with Crippen LogP contribution in [0, 0.1) is 12.8 Å². The van der Waals surface area contributed by atoms with Crippen LogP contribution >= 0.6 is 23.7 Å². The highest BCUT2D eigenvalue weighted by Gasteiger charge is 2.26. The zero-order valence-corrected chi connectivity index (χ0v) is 17.4. The van der Waals surface area contributed by atoms with Gasteiger partial charge in [-0.15, -0.1) is 12.4 Å². The standard InChI is InChI=1S/C18H28N4O3S.ClH/c1-13-12-26-18(25)22(13)9-6-16(23)21-8-3-4-14(11-21)10-20-17(24)15-5-2-7-19-15;/h12,14-15,19H,2-11H2,1H3,(H,20,24);1H. The van der Waals surface area contributed by atoms with Crippen LogP contribution in [0.4, 0.5) is 0 Å². The fourth-order valence-corrected chi connectivity index (χ4v) is 4.54. The first-order valence-corrected chi connectivity index (χ1v) is 10.4. The minimum Gasteiger partial charge on any atom is -0.354 e. The van der Waals surface area contributed by atoms with Crippen LogP contribution in [0.5, 0.6) is 0 Å². The molecule has 9 heteroatoms. The minimum absolute atomic E-state index is 0. The van der Waals surface area contributed by atoms with Crippen molar-refractivity contribution in [3.63, 3.8) is 0 Å². The molecule has 2 unspecified atom stereocenters. The number of halogens is 1. The van der Waals surface area contributed by atoms with Crippen LogP contribution in [0.2, 0.25) is 0 Å². The molecule has 2 amide bonds. The SMILES string of the molecule is Cc1csc(=O)n1CCC(=O)N1CCCC(CNC(=O)C2CCCN2)C1.Cl. The molecule has 2 atom stereocenters. The molecule has 0 spiro atoms. The van der Waals surface area contributed by atoms with Crippen molar-refractivity contribution in [1.82, 2.24) is 20.1 Å². The quantitative estimate of drug-likeness (QED) is 0.728. The van der Waals surface area contributed by atoms with Crippen LogP contribution in [0.25, 0.3) is 0 Å². The van der Waals surface area contributed by atoms with E-state index >= 15 is 0 Å². The smallest absolute Gasteiger partial charge is 0.307 e. The van der Waals surface area contributed by atoms with E-state index in [0.717, 1.165) is 44.5 Å². The Bertz CT molecular complexity index is 699. The fraction of sp³-hybridized carbons (Fsp3) is 0.722. The van der Waals surface area contributed by atoms with Gasteiger partial charge >= 0.3 is 4.87 Å². The highest BCUT2D eigenvalue weighted by atomic mass is 35.5. The average molecular weight is 417 g/mol. The lowest BCUT2D eigenvalue weighted by molar-refractivity contribution is -0.133. The summed E-state index contributed by atoms with van der Waals surface area (Å²) in [7, 11) is 0. The number of hydrogen-bond acceptors (Lipinski definition) is 5. The number of nitrogens with one attached hydrogen (secondary N) is 2. The first kappa shape index (κ1) is 21.9. The molecule has 1 aromatic rings. The summed E-state index contributed by atoms with van der Waals surface area (Å²) in [6, 6.07) is -0.0523. The van der Waals surface area contributed by atoms with Crippen molar-refractivity contribution < 1.29 is 9.59 Å². The molecular formula is C18H29ClN4O3S. The number of carbonyl (C=O) groups is 2. The molecule has 2 fully saturated rings. The molecule has 0 bridgehead atoms. The Hall–Kier alpha value is -1.38. The number of aryl methyl sites for hydroxylation is 1. The number of piperidine rings is 1. The third-order valence-corrected chi connectivity index (χ3v) is 6.22. The summed E-state index contributed by atoms with van der Waals surface area (Å²) in [4.78, 5) is 38.3. The van der Waals surface area contributed by atoms with Crippen molar-refractivity contribution in [2.24, 2.45) is 5.92 Å². The summed E-state index contributed by atoms with van der Waals surface area (Å²) in [6.45, 7) is 5.33. The first-order chi connectivity index (χ1) is 12.5. The maximum atomic E-state index is 12.5. The number of rotatable bonds is 6. The molecule has 2 aliphatic rings. The van der Waals surface area contributed by atoms with E-state index in [4.69, 9.17) is 0 Å². The number of hydrogen-bond donors (Lipinski definition) is 2. The maximum Gasteiger partial charge on any atom is 0.307 e. The highest BCUT2D eigenvalue weighted by molar-refractivity contribution is 7.07. The summed E-state index contributed by atoms with van der Waals surface area (Å²) in [6.07, 6.45) is 4.30. The Balaban J connectivity index is 0.00000261. The zero-order valence-electron chi connectivity index (χ0n) is 15.7. The predicted octanol–water partition coefficient (Wildman–Crippen LogP) is 1.14. The lowest BCUT2D eigenvalue weighted by Gasteiger charge is -2.33. The molecule has 2 saturated heterocycles. The fourth-order valence-electron chi connectivity index (χ4n) is 3.77. The zero-order chi connectivity index (χ0) is 18.5. The normalized spacial score (nSPS) is 22.3. The van der Waals surface area contributed by atoms with Crippen molar-refractivity contribution >= 4 is 35.6 Å². The first-order valence-electron chi connectivity index (χ1n) is 9.48. The molecule has 0 saturated carbocycles. The van der Waals surface area contributed by atoms with Gasteiger partial charge in [-0.25, -0.2) is 0 Å². The molecule has 7 nitrogen and oxygen atoms in total. The number of nitrogens with zero attached hydrogens (tertiary/aromatic N) is 2. The van der Waals surface area contributed by atoms with Gasteiger partial charge in [0, 0.05) is 43.7 Å². The lowest BCUT2D eigenvalue weighted by Crippen LogP contribution is -2.46. The van der Waals surface area contributed by atoms with Crippen LogP contribution in [-0.4, -0.2) is 53.5 Å². The van der Waals surface area contributed by atoms with Gasteiger partial charge in [0.2, 0.25) is 11.8 Å². The van der Waals surface area contributed by atoms with Crippen LogP contribution in [-0.2, 0) is 16.1 Å². The molecule has 3 rings (SSSR count). The van der Waals surface area contributed by atoms with Gasteiger partial charge in [0.05, 0.1) is 6.04 Å². The molecule has 2 N–H and O–H groups in total. The molecular weight excluding hydrogens is 388 g/mol. The number of aromatic nitrogens is 1. The van der Waals surface area contributed by atoms with E-state index in [2.05, 4.69) is 10.6 Å². The van der Waals surface area contributed by atoms with E-state index in [0.29, 0.717) is 32.0 Å². The van der Waals surface area contributed by atoms with Gasteiger partial charge in [0.15, 0.2) is 0 Å². The van der Waals surface area contributed by atoms with Gasteiger partial charge in [-0.3, -0.25) is 14.4 Å². The molecule has 0 aliphatic carbocycles. The van der Waals surface area contributed by atoms with Crippen molar-refractivity contribution in [3.8, 4) is 0 Å². The van der Waals surface area contributed by atoms with Crippen LogP contribution in [0.3, 0.4) is 0 Å². The second kappa shape index (κ2) is 10.2. The monoisotopic (exact) mass is 416 g/mol. The van der Waals surface area contributed by atoms with Crippen molar-refractivity contribution in [1.29, 1.82) is 0 Å². The van der Waals surface area contributed by atoms with E-state index in [-0.39, 0.29) is 35.1 Å². The van der Waals surface area contributed by atoms with E-state index in [1.165, 1.54) is 11.3 Å². The van der Waals surface area contributed by atoms with Gasteiger partial charge in [0.1, 0.15) is 0 Å². The van der Waals surface area contributed by atoms with Crippen molar-refractivity contribution in [2.75, 3.05) is 26.2 Å². The van der Waals surface area contributed by atoms with Gasteiger partial charge in [0.25, 0.3) is 0 Å². The van der Waals surface area contributed by atoms with E-state index in [9.17, 15) is 14.4 Å². The summed E-state index contributed by atoms with van der Waals surface area (Å²) >= 11 is 1.18. The van der Waals surface area contributed by atoms with Crippen molar-refractivity contribution in [3.05, 3.63) is 20.7 Å². The summed E-state index contributed by atoms with van der Waals surface area (Å²) < 4.78 is 1.67. The molecule has 3 heterocycles. The van der Waals surface area contributed by atoms with Gasteiger partial charge < -0.3 is 20.1 Å². The predicted molar refractivity (Wildman–Crippen MR) is 109 cm³/mol. The van der Waals surface area contributed by atoms with Crippen LogP contribution < -0.4 is 15.5 Å². The van der Waals surface area contributed by atoms with Crippen LogP contribution in [0.1, 0.15) is 37.8 Å². The Morgan fingerprint density at radius 3 is 2.81 bits per heavy atom. The third-order valence-electron chi connectivity index (χ3n) is 5.34. The Kier molecular flexibility index (Phi) is 8.31. The van der Waals surface area contributed by atoms with E-state index in [1.54, 1.807) is 4.57 Å². The topological polar surface area (TPSA) is 83.4 Å². The number of carbonyl (C=O) groups excluding carboxylic acids is 2. The molecule has 2 aliphatic heterocycles. The largest absolute Gasteiger partial charge is 0.354 e. The second-order valence-electron chi connectivity index (χ2n) is 7.29. The van der Waals surface area contributed by atoms with E-state index < -0.39 is 0 Å². The Morgan fingerprint density at radius 2 is 2.15 bits per heavy atom. The second-order valence-corrected chi connectivity index (χ2v) is 8.11. The Labute approximate surface area is 169 Å². The number of thiazole rings is 1. The molecule has 152 valence electrons. The van der Waals surface area contributed by atoms with Gasteiger partial charge in [-0.2, -0.15) is 0 Å². The summed E-state index contributed by atoms with van der Waals surface area (Å²) in [5, 5.41) is 8.07. The Morgan fingerprint density at radius 1 is 1.33 bits per heavy atom. The van der Waals surface area contributed by atoms with Crippen molar-refractivity contribution in [2.45, 2.75) is 51.6 Å². The lowest BCUT2D eigenvalue weighted by atomic mass is 9.97. The molecule has 0 aromatic carbocycles. The molecule has 0 radical (unpaired) electrons.